The van der Waals surface area contributed by atoms with Crippen LogP contribution < -0.4 is 14.8 Å². The number of rotatable bonds is 12. The van der Waals surface area contributed by atoms with Gasteiger partial charge in [-0.15, -0.1) is 0 Å². The lowest BCUT2D eigenvalue weighted by molar-refractivity contribution is -0.140. The van der Waals surface area contributed by atoms with Crippen LogP contribution in [0.1, 0.15) is 68.3 Å². The first kappa shape index (κ1) is 27.7. The molecule has 0 bridgehead atoms. The number of aliphatic hydroxyl groups excluding tert-OH is 2. The number of hydrogen-bond donors (Lipinski definition) is 3. The summed E-state index contributed by atoms with van der Waals surface area (Å²) in [5.41, 5.74) is 1.24. The first-order valence-electron chi connectivity index (χ1n) is 12.7. The lowest BCUT2D eigenvalue weighted by Gasteiger charge is -2.41. The maximum absolute atomic E-state index is 13.3. The summed E-state index contributed by atoms with van der Waals surface area (Å²) in [5.74, 6) is -0.809. The molecule has 0 saturated heterocycles. The van der Waals surface area contributed by atoms with Crippen molar-refractivity contribution in [2.45, 2.75) is 70.6 Å². The summed E-state index contributed by atoms with van der Waals surface area (Å²) in [6.45, 7) is 6.01. The van der Waals surface area contributed by atoms with Gasteiger partial charge in [0.05, 0.1) is 25.7 Å². The fourth-order valence-corrected chi connectivity index (χ4v) is 5.01. The topological polar surface area (TPSA) is 125 Å². The van der Waals surface area contributed by atoms with Crippen LogP contribution in [-0.2, 0) is 9.59 Å². The van der Waals surface area contributed by atoms with Gasteiger partial charge in [0.15, 0.2) is 11.5 Å². The number of methoxy groups -OCH3 is 1. The lowest BCUT2D eigenvalue weighted by atomic mass is 9.77. The average molecular weight is 503 g/mol. The molecule has 0 unspecified atom stereocenters. The normalized spacial score (nSPS) is 22.2. The molecule has 198 valence electrons. The van der Waals surface area contributed by atoms with E-state index in [1.54, 1.807) is 23.1 Å². The minimum absolute atomic E-state index is 0.0534. The van der Waals surface area contributed by atoms with Crippen molar-refractivity contribution in [3.63, 3.8) is 0 Å². The molecule has 3 rings (SSSR count). The van der Waals surface area contributed by atoms with Crippen molar-refractivity contribution >= 4 is 18.1 Å². The third-order valence-electron chi connectivity index (χ3n) is 6.80. The summed E-state index contributed by atoms with van der Waals surface area (Å²) in [6.07, 6.45) is 4.19. The summed E-state index contributed by atoms with van der Waals surface area (Å²) in [4.78, 5) is 39.7. The molecule has 36 heavy (non-hydrogen) atoms. The molecule has 1 aliphatic heterocycles. The Labute approximate surface area is 212 Å². The molecule has 0 aromatic heterocycles. The van der Waals surface area contributed by atoms with Crippen LogP contribution in [0.4, 0.5) is 0 Å². The van der Waals surface area contributed by atoms with Crippen LogP contribution in [0.15, 0.2) is 23.8 Å². The van der Waals surface area contributed by atoms with Gasteiger partial charge in [-0.05, 0) is 24.6 Å². The molecule has 2 amide bonds. The minimum atomic E-state index is -1.12. The second kappa shape index (κ2) is 12.4. The first-order valence-corrected chi connectivity index (χ1v) is 12.7. The summed E-state index contributed by atoms with van der Waals surface area (Å²) in [5, 5.41) is 23.5. The average Bonchev–Trinajstić information content (AvgIpc) is 3.27. The highest BCUT2D eigenvalue weighted by Crippen LogP contribution is 2.51. The summed E-state index contributed by atoms with van der Waals surface area (Å²) in [6, 6.07) is 2.41. The Kier molecular flexibility index (Phi) is 9.50. The molecule has 1 aliphatic carbocycles. The molecule has 1 heterocycles. The summed E-state index contributed by atoms with van der Waals surface area (Å²) < 4.78 is 11.6. The largest absolute Gasteiger partial charge is 0.493 e. The van der Waals surface area contributed by atoms with Gasteiger partial charge in [0.25, 0.3) is 0 Å². The molecular formula is C27H38N2O7. The maximum atomic E-state index is 13.3. The van der Waals surface area contributed by atoms with E-state index < -0.39 is 30.1 Å². The highest BCUT2D eigenvalue weighted by Gasteiger charge is 2.51. The number of carbonyl (C=O) groups is 3. The van der Waals surface area contributed by atoms with Crippen LogP contribution in [-0.4, -0.2) is 78.3 Å². The first-order chi connectivity index (χ1) is 17.3. The van der Waals surface area contributed by atoms with Crippen molar-refractivity contribution in [3.05, 3.63) is 34.9 Å². The third-order valence-corrected chi connectivity index (χ3v) is 6.80. The van der Waals surface area contributed by atoms with Gasteiger partial charge in [-0.3, -0.25) is 14.4 Å². The number of nitrogens with zero attached hydrogens (tertiary/aromatic N) is 1. The molecule has 2 aliphatic rings. The van der Waals surface area contributed by atoms with Crippen LogP contribution in [0, 0.1) is 5.92 Å². The van der Waals surface area contributed by atoms with E-state index in [0.717, 1.165) is 25.7 Å². The van der Waals surface area contributed by atoms with Crippen molar-refractivity contribution in [2.75, 3.05) is 26.8 Å². The van der Waals surface area contributed by atoms with Gasteiger partial charge in [0, 0.05) is 35.7 Å². The Bertz CT molecular complexity index is 991. The number of aliphatic hydroxyl groups is 2. The molecular weight excluding hydrogens is 464 g/mol. The predicted molar refractivity (Wildman–Crippen MR) is 134 cm³/mol. The second-order valence-electron chi connectivity index (χ2n) is 9.65. The van der Waals surface area contributed by atoms with E-state index >= 15 is 0 Å². The minimum Gasteiger partial charge on any atom is -0.493 e. The molecule has 9 nitrogen and oxygen atoms in total. The maximum Gasteiger partial charge on any atom is 0.247 e. The SMILES string of the molecule is CCCCCCN(C(=O)C(C)C)[C@@H]1C=C(C(=O)NCCO)[C@@H]2c3cc(C=O)cc(OC)c3O[C@@H]2[C@H]1O. The van der Waals surface area contributed by atoms with Crippen LogP contribution in [0.2, 0.25) is 0 Å². The zero-order valence-electron chi connectivity index (χ0n) is 21.5. The number of carbonyl (C=O) groups excluding carboxylic acids is 3. The Morgan fingerprint density at radius 3 is 2.61 bits per heavy atom. The highest BCUT2D eigenvalue weighted by molar-refractivity contribution is 5.96. The smallest absolute Gasteiger partial charge is 0.247 e. The van der Waals surface area contributed by atoms with Crippen LogP contribution in [0.3, 0.4) is 0 Å². The van der Waals surface area contributed by atoms with E-state index in [1.165, 1.54) is 7.11 Å². The van der Waals surface area contributed by atoms with Crippen molar-refractivity contribution in [3.8, 4) is 11.5 Å². The Morgan fingerprint density at radius 1 is 1.25 bits per heavy atom. The fourth-order valence-electron chi connectivity index (χ4n) is 5.01. The van der Waals surface area contributed by atoms with E-state index in [2.05, 4.69) is 12.2 Å². The summed E-state index contributed by atoms with van der Waals surface area (Å²) in [7, 11) is 1.46. The number of fused-ring (bicyclic) bond motifs is 3. The van der Waals surface area contributed by atoms with E-state index in [9.17, 15) is 24.6 Å². The van der Waals surface area contributed by atoms with E-state index in [0.29, 0.717) is 41.0 Å². The molecule has 0 radical (unpaired) electrons. The molecule has 0 fully saturated rings. The lowest BCUT2D eigenvalue weighted by Crippen LogP contribution is -2.56. The summed E-state index contributed by atoms with van der Waals surface area (Å²) >= 11 is 0. The van der Waals surface area contributed by atoms with Crippen LogP contribution in [0.5, 0.6) is 11.5 Å². The Balaban J connectivity index is 2.08. The van der Waals surface area contributed by atoms with Gasteiger partial charge in [-0.25, -0.2) is 0 Å². The number of aldehydes is 1. The van der Waals surface area contributed by atoms with Crippen LogP contribution in [0.25, 0.3) is 0 Å². The van der Waals surface area contributed by atoms with E-state index in [4.69, 9.17) is 9.47 Å². The Hall–Kier alpha value is -2.91. The molecule has 1 aromatic rings. The van der Waals surface area contributed by atoms with E-state index in [-0.39, 0.29) is 25.0 Å². The van der Waals surface area contributed by atoms with Crippen LogP contribution >= 0.6 is 0 Å². The third kappa shape index (κ3) is 5.57. The van der Waals surface area contributed by atoms with Crippen molar-refractivity contribution in [1.82, 2.24) is 10.2 Å². The number of hydrogen-bond acceptors (Lipinski definition) is 7. The zero-order valence-corrected chi connectivity index (χ0v) is 21.5. The van der Waals surface area contributed by atoms with Gasteiger partial charge < -0.3 is 29.9 Å². The molecule has 9 heteroatoms. The predicted octanol–water partition coefficient (Wildman–Crippen LogP) is 2.20. The monoisotopic (exact) mass is 502 g/mol. The zero-order chi connectivity index (χ0) is 26.4. The van der Waals surface area contributed by atoms with Gasteiger partial charge in [0.1, 0.15) is 18.5 Å². The molecule has 1 aromatic carbocycles. The standard InChI is InChI=1S/C27H38N2O7/c1-5-6-7-8-10-29(27(34)16(2)3)20-14-19(26(33)28-9-11-30)22-18-12-17(15-31)13-21(35-4)24(18)36-25(22)23(20)32/h12-16,20,22-23,25,30,32H,5-11H2,1-4H3,(H,28,33)/t20-,22+,23+,25+/m1/s1. The highest BCUT2D eigenvalue weighted by atomic mass is 16.5. The quantitative estimate of drug-likeness (QED) is 0.296. The number of benzene rings is 1. The van der Waals surface area contributed by atoms with Gasteiger partial charge in [0.2, 0.25) is 11.8 Å². The molecule has 0 spiro atoms. The van der Waals surface area contributed by atoms with Gasteiger partial charge in [-0.1, -0.05) is 40.0 Å². The van der Waals surface area contributed by atoms with Crippen molar-refractivity contribution in [1.29, 1.82) is 0 Å². The number of unbranched alkanes of at least 4 members (excludes halogenated alkanes) is 3. The van der Waals surface area contributed by atoms with Crippen molar-refractivity contribution in [2.24, 2.45) is 5.92 Å². The number of ether oxygens (including phenoxy) is 2. The number of nitrogens with one attached hydrogen (secondary N) is 1. The molecule has 0 saturated carbocycles. The molecule has 3 N–H and O–H groups in total. The van der Waals surface area contributed by atoms with Gasteiger partial charge >= 0.3 is 0 Å². The number of amides is 2. The Morgan fingerprint density at radius 2 is 2.00 bits per heavy atom. The molecule has 4 atom stereocenters. The van der Waals surface area contributed by atoms with E-state index in [1.807, 2.05) is 13.8 Å². The van der Waals surface area contributed by atoms with Gasteiger partial charge in [-0.2, -0.15) is 0 Å². The fraction of sp³-hybridized carbons (Fsp3) is 0.593. The van der Waals surface area contributed by atoms with Crippen molar-refractivity contribution < 1.29 is 34.1 Å². The second-order valence-corrected chi connectivity index (χ2v) is 9.65.